The molecule has 1 fully saturated rings. The van der Waals surface area contributed by atoms with Gasteiger partial charge in [-0.3, -0.25) is 0 Å². The van der Waals surface area contributed by atoms with Crippen LogP contribution in [0.15, 0.2) is 6.20 Å². The van der Waals surface area contributed by atoms with Crippen LogP contribution >= 0.6 is 23.3 Å². The molecule has 2 N–H and O–H groups in total. The summed E-state index contributed by atoms with van der Waals surface area (Å²) in [5.74, 6) is 1.25. The van der Waals surface area contributed by atoms with E-state index < -0.39 is 0 Å². The Labute approximate surface area is 86.3 Å². The fraction of sp³-hybridized carbons (Fsp3) is 0.750. The van der Waals surface area contributed by atoms with E-state index in [4.69, 9.17) is 5.73 Å². The topological polar surface area (TPSA) is 51.8 Å². The number of nitrogens with two attached hydrogens (primary N) is 1. The lowest BCUT2D eigenvalue weighted by molar-refractivity contribution is 0.568. The zero-order valence-corrected chi connectivity index (χ0v) is 9.03. The van der Waals surface area contributed by atoms with Crippen LogP contribution in [0.4, 0.5) is 0 Å². The van der Waals surface area contributed by atoms with Gasteiger partial charge in [0.2, 0.25) is 0 Å². The van der Waals surface area contributed by atoms with E-state index in [1.165, 1.54) is 35.0 Å². The highest BCUT2D eigenvalue weighted by Gasteiger charge is 2.33. The number of thioether (sulfide) groups is 1. The quantitative estimate of drug-likeness (QED) is 0.826. The Morgan fingerprint density at radius 3 is 3.08 bits per heavy atom. The molecule has 1 aliphatic heterocycles. The molecule has 1 aromatic rings. The van der Waals surface area contributed by atoms with E-state index in [2.05, 4.69) is 9.59 Å². The van der Waals surface area contributed by atoms with E-state index in [0.29, 0.717) is 0 Å². The zero-order valence-electron chi connectivity index (χ0n) is 7.40. The number of rotatable bonds is 3. The van der Waals surface area contributed by atoms with Crippen molar-refractivity contribution in [3.63, 3.8) is 0 Å². The lowest BCUT2D eigenvalue weighted by atomic mass is 9.99. The molecule has 2 rings (SSSR count). The second-order valence-electron chi connectivity index (χ2n) is 3.40. The molecular weight excluding hydrogens is 202 g/mol. The summed E-state index contributed by atoms with van der Waals surface area (Å²) in [5.41, 5.74) is 5.83. The Bertz CT molecular complexity index is 254. The molecule has 0 spiro atoms. The van der Waals surface area contributed by atoms with Gasteiger partial charge in [0.25, 0.3) is 0 Å². The van der Waals surface area contributed by atoms with Gasteiger partial charge >= 0.3 is 0 Å². The van der Waals surface area contributed by atoms with E-state index in [-0.39, 0.29) is 4.75 Å². The van der Waals surface area contributed by atoms with Crippen LogP contribution in [0.1, 0.15) is 17.7 Å². The van der Waals surface area contributed by atoms with E-state index >= 15 is 0 Å². The van der Waals surface area contributed by atoms with Crippen LogP contribution < -0.4 is 5.73 Å². The monoisotopic (exact) mass is 215 g/mol. The third-order valence-electron chi connectivity index (χ3n) is 2.46. The predicted molar refractivity (Wildman–Crippen MR) is 57.1 cm³/mol. The third kappa shape index (κ3) is 2.03. The third-order valence-corrected chi connectivity index (χ3v) is 4.74. The van der Waals surface area contributed by atoms with E-state index in [0.717, 1.165) is 13.0 Å². The summed E-state index contributed by atoms with van der Waals surface area (Å²) in [7, 11) is 0. The average Bonchev–Trinajstić information content (AvgIpc) is 2.77. The number of aromatic nitrogens is 2. The van der Waals surface area contributed by atoms with Gasteiger partial charge in [0.05, 0.1) is 6.20 Å². The highest BCUT2D eigenvalue weighted by Crippen LogP contribution is 2.40. The molecule has 0 amide bonds. The molecule has 1 atom stereocenters. The summed E-state index contributed by atoms with van der Waals surface area (Å²) in [6, 6.07) is 0. The molecule has 72 valence electrons. The van der Waals surface area contributed by atoms with Crippen molar-refractivity contribution >= 4 is 23.3 Å². The maximum atomic E-state index is 5.83. The van der Waals surface area contributed by atoms with Crippen LogP contribution in [-0.2, 0) is 6.42 Å². The molecule has 0 saturated carbocycles. The highest BCUT2D eigenvalue weighted by atomic mass is 32.2. The molecule has 1 aliphatic rings. The number of nitrogens with zero attached hydrogens (tertiary/aromatic N) is 2. The second-order valence-corrected chi connectivity index (χ2v) is 5.83. The predicted octanol–water partition coefficient (Wildman–Crippen LogP) is 1.31. The van der Waals surface area contributed by atoms with Crippen molar-refractivity contribution in [2.75, 3.05) is 12.3 Å². The lowest BCUT2D eigenvalue weighted by Crippen LogP contribution is -2.33. The van der Waals surface area contributed by atoms with Gasteiger partial charge in [-0.05, 0) is 30.1 Å². The average molecular weight is 215 g/mol. The molecule has 1 aromatic heterocycles. The van der Waals surface area contributed by atoms with Gasteiger partial charge in [-0.15, -0.1) is 5.10 Å². The Morgan fingerprint density at radius 1 is 1.62 bits per heavy atom. The summed E-state index contributed by atoms with van der Waals surface area (Å²) in [5, 5.41) is 3.85. The van der Waals surface area contributed by atoms with Crippen molar-refractivity contribution in [2.45, 2.75) is 24.0 Å². The molecule has 1 saturated heterocycles. The molecule has 0 aliphatic carbocycles. The van der Waals surface area contributed by atoms with Crippen LogP contribution in [0.2, 0.25) is 0 Å². The lowest BCUT2D eigenvalue weighted by Gasteiger charge is -2.24. The van der Waals surface area contributed by atoms with Crippen LogP contribution in [0.25, 0.3) is 0 Å². The minimum Gasteiger partial charge on any atom is -0.329 e. The molecule has 1 unspecified atom stereocenters. The molecule has 0 aromatic carbocycles. The molecule has 2 heterocycles. The maximum Gasteiger partial charge on any atom is 0.0653 e. The Hall–Kier alpha value is -0.130. The normalized spacial score (nSPS) is 28.1. The van der Waals surface area contributed by atoms with E-state index in [9.17, 15) is 0 Å². The molecule has 3 nitrogen and oxygen atoms in total. The van der Waals surface area contributed by atoms with E-state index in [1.807, 2.05) is 18.0 Å². The van der Waals surface area contributed by atoms with Crippen molar-refractivity contribution in [2.24, 2.45) is 5.73 Å². The van der Waals surface area contributed by atoms with Crippen LogP contribution in [0.3, 0.4) is 0 Å². The molecule has 5 heteroatoms. The fourth-order valence-corrected chi connectivity index (χ4v) is 3.82. The first-order chi connectivity index (χ1) is 6.35. The van der Waals surface area contributed by atoms with Gasteiger partial charge in [0.15, 0.2) is 0 Å². The zero-order chi connectivity index (χ0) is 9.15. The second kappa shape index (κ2) is 3.94. The fourth-order valence-electron chi connectivity index (χ4n) is 1.71. The SMILES string of the molecule is NCC1(Cc2cnns2)CCCS1. The highest BCUT2D eigenvalue weighted by molar-refractivity contribution is 8.00. The van der Waals surface area contributed by atoms with Crippen molar-refractivity contribution in [1.29, 1.82) is 0 Å². The van der Waals surface area contributed by atoms with Gasteiger partial charge < -0.3 is 5.73 Å². The van der Waals surface area contributed by atoms with Crippen LogP contribution in [-0.4, -0.2) is 26.6 Å². The van der Waals surface area contributed by atoms with E-state index in [1.54, 1.807) is 0 Å². The Kier molecular flexibility index (Phi) is 2.86. The minimum atomic E-state index is 0.286. The summed E-state index contributed by atoms with van der Waals surface area (Å²) >= 11 is 3.51. The van der Waals surface area contributed by atoms with Gasteiger partial charge in [0.1, 0.15) is 0 Å². The van der Waals surface area contributed by atoms with Gasteiger partial charge in [-0.2, -0.15) is 11.8 Å². The minimum absolute atomic E-state index is 0.286. The van der Waals surface area contributed by atoms with Gasteiger partial charge in [-0.1, -0.05) is 4.49 Å². The Balaban J connectivity index is 2.06. The summed E-state index contributed by atoms with van der Waals surface area (Å²) in [4.78, 5) is 1.26. The first kappa shape index (κ1) is 9.43. The number of hydrogen-bond acceptors (Lipinski definition) is 5. The van der Waals surface area contributed by atoms with Crippen LogP contribution in [0.5, 0.6) is 0 Å². The van der Waals surface area contributed by atoms with Crippen molar-refractivity contribution in [1.82, 2.24) is 9.59 Å². The van der Waals surface area contributed by atoms with Crippen molar-refractivity contribution < 1.29 is 0 Å². The van der Waals surface area contributed by atoms with Crippen molar-refractivity contribution in [3.05, 3.63) is 11.1 Å². The molecular formula is C8H13N3S2. The summed E-state index contributed by atoms with van der Waals surface area (Å²) < 4.78 is 4.16. The number of hydrogen-bond donors (Lipinski definition) is 1. The molecule has 0 bridgehead atoms. The van der Waals surface area contributed by atoms with Gasteiger partial charge in [-0.25, -0.2) is 0 Å². The first-order valence-electron chi connectivity index (χ1n) is 4.45. The largest absolute Gasteiger partial charge is 0.329 e. The first-order valence-corrected chi connectivity index (χ1v) is 6.21. The Morgan fingerprint density at radius 2 is 2.54 bits per heavy atom. The molecule has 0 radical (unpaired) electrons. The molecule has 13 heavy (non-hydrogen) atoms. The maximum absolute atomic E-state index is 5.83. The summed E-state index contributed by atoms with van der Waals surface area (Å²) in [6.45, 7) is 0.773. The van der Waals surface area contributed by atoms with Crippen LogP contribution in [0, 0.1) is 0 Å². The van der Waals surface area contributed by atoms with Crippen molar-refractivity contribution in [3.8, 4) is 0 Å². The smallest absolute Gasteiger partial charge is 0.0653 e. The standard InChI is InChI=1S/C8H13N3S2/c9-6-8(2-1-3-12-8)4-7-5-10-11-13-7/h5H,1-4,6,9H2. The summed E-state index contributed by atoms with van der Waals surface area (Å²) in [6.07, 6.45) is 5.45. The van der Waals surface area contributed by atoms with Gasteiger partial charge in [0, 0.05) is 22.6 Å².